The van der Waals surface area contributed by atoms with Gasteiger partial charge in [-0.15, -0.1) is 0 Å². The maximum Gasteiger partial charge on any atom is 0.0282 e. The summed E-state index contributed by atoms with van der Waals surface area (Å²) >= 11 is 1.96. The summed E-state index contributed by atoms with van der Waals surface area (Å²) in [4.78, 5) is 3.02. The minimum atomic E-state index is 0.250. The number of allylic oxidation sites excluding steroid dienone is 8. The van der Waals surface area contributed by atoms with E-state index in [1.165, 1.54) is 16.1 Å². The van der Waals surface area contributed by atoms with Crippen molar-refractivity contribution in [3.63, 3.8) is 0 Å². The SMILES string of the molecule is C/C=C\C1=C(C)SC2=C(C)C=CCC12C. The zero-order valence-electron chi connectivity index (χ0n) is 9.92. The van der Waals surface area contributed by atoms with E-state index >= 15 is 0 Å². The van der Waals surface area contributed by atoms with Crippen LogP contribution in [0, 0.1) is 5.41 Å². The van der Waals surface area contributed by atoms with Gasteiger partial charge in [0.15, 0.2) is 0 Å². The van der Waals surface area contributed by atoms with Crippen LogP contribution < -0.4 is 0 Å². The van der Waals surface area contributed by atoms with Crippen molar-refractivity contribution in [1.29, 1.82) is 0 Å². The highest BCUT2D eigenvalue weighted by atomic mass is 32.2. The van der Waals surface area contributed by atoms with Crippen LogP contribution >= 0.6 is 11.8 Å². The van der Waals surface area contributed by atoms with E-state index in [-0.39, 0.29) is 5.41 Å². The van der Waals surface area contributed by atoms with Crippen LogP contribution in [0.4, 0.5) is 0 Å². The lowest BCUT2D eigenvalue weighted by atomic mass is 9.75. The second kappa shape index (κ2) is 3.71. The molecule has 0 saturated carbocycles. The Balaban J connectivity index is 2.53. The van der Waals surface area contributed by atoms with Crippen molar-refractivity contribution < 1.29 is 0 Å². The molecule has 80 valence electrons. The molecule has 1 aliphatic carbocycles. The number of hydrogen-bond donors (Lipinski definition) is 0. The largest absolute Gasteiger partial charge is 0.0978 e. The molecule has 1 unspecified atom stereocenters. The van der Waals surface area contributed by atoms with Gasteiger partial charge in [0.25, 0.3) is 0 Å². The first-order valence-corrected chi connectivity index (χ1v) is 6.31. The molecule has 0 aromatic heterocycles. The Bertz CT molecular complexity index is 407. The Morgan fingerprint density at radius 2 is 2.13 bits per heavy atom. The summed E-state index contributed by atoms with van der Waals surface area (Å²) in [6.45, 7) is 8.93. The van der Waals surface area contributed by atoms with Crippen LogP contribution in [0.2, 0.25) is 0 Å². The maximum atomic E-state index is 2.37. The minimum Gasteiger partial charge on any atom is -0.0978 e. The van der Waals surface area contributed by atoms with Gasteiger partial charge in [0.1, 0.15) is 0 Å². The van der Waals surface area contributed by atoms with Gasteiger partial charge in [0.2, 0.25) is 0 Å². The van der Waals surface area contributed by atoms with Crippen molar-refractivity contribution in [2.24, 2.45) is 5.41 Å². The summed E-state index contributed by atoms with van der Waals surface area (Å²) in [5.41, 5.74) is 3.20. The fraction of sp³-hybridized carbons (Fsp3) is 0.429. The van der Waals surface area contributed by atoms with Gasteiger partial charge in [-0.1, -0.05) is 43.0 Å². The number of fused-ring (bicyclic) bond motifs is 1. The quantitative estimate of drug-likeness (QED) is 0.608. The Morgan fingerprint density at radius 3 is 2.80 bits per heavy atom. The molecule has 0 N–H and O–H groups in total. The van der Waals surface area contributed by atoms with E-state index in [2.05, 4.69) is 52.0 Å². The molecule has 1 atom stereocenters. The van der Waals surface area contributed by atoms with Crippen molar-refractivity contribution in [2.75, 3.05) is 0 Å². The molecule has 0 radical (unpaired) electrons. The van der Waals surface area contributed by atoms with Crippen LogP contribution in [0.15, 0.2) is 45.3 Å². The topological polar surface area (TPSA) is 0 Å². The lowest BCUT2D eigenvalue weighted by Crippen LogP contribution is -2.18. The first-order valence-electron chi connectivity index (χ1n) is 5.49. The smallest absolute Gasteiger partial charge is 0.0282 e. The van der Waals surface area contributed by atoms with E-state index < -0.39 is 0 Å². The summed E-state index contributed by atoms with van der Waals surface area (Å²) in [6, 6.07) is 0. The molecule has 15 heavy (non-hydrogen) atoms. The van der Waals surface area contributed by atoms with Gasteiger partial charge in [-0.05, 0) is 43.2 Å². The zero-order valence-corrected chi connectivity index (χ0v) is 10.7. The second-order valence-corrected chi connectivity index (χ2v) is 5.75. The van der Waals surface area contributed by atoms with Crippen molar-refractivity contribution in [2.45, 2.75) is 34.1 Å². The van der Waals surface area contributed by atoms with Crippen LogP contribution in [0.3, 0.4) is 0 Å². The zero-order chi connectivity index (χ0) is 11.1. The number of rotatable bonds is 1. The van der Waals surface area contributed by atoms with Crippen LogP contribution in [0.5, 0.6) is 0 Å². The van der Waals surface area contributed by atoms with Gasteiger partial charge in [-0.25, -0.2) is 0 Å². The lowest BCUT2D eigenvalue weighted by molar-refractivity contribution is 0.520. The molecule has 1 aliphatic heterocycles. The predicted molar refractivity (Wildman–Crippen MR) is 69.7 cm³/mol. The monoisotopic (exact) mass is 218 g/mol. The average Bonchev–Trinajstić information content (AvgIpc) is 2.43. The molecule has 0 spiro atoms. The highest BCUT2D eigenvalue weighted by Crippen LogP contribution is 2.58. The highest BCUT2D eigenvalue weighted by molar-refractivity contribution is 8.07. The Labute approximate surface area is 96.8 Å². The van der Waals surface area contributed by atoms with Crippen LogP contribution in [0.1, 0.15) is 34.1 Å². The van der Waals surface area contributed by atoms with Gasteiger partial charge in [-0.2, -0.15) is 0 Å². The lowest BCUT2D eigenvalue weighted by Gasteiger charge is -2.30. The van der Waals surface area contributed by atoms with Crippen molar-refractivity contribution >= 4 is 11.8 Å². The summed E-state index contributed by atoms with van der Waals surface area (Å²) in [5, 5.41) is 0. The highest BCUT2D eigenvalue weighted by Gasteiger charge is 2.40. The molecular formula is C14H18S. The first kappa shape index (κ1) is 10.8. The Morgan fingerprint density at radius 1 is 1.40 bits per heavy atom. The van der Waals surface area contributed by atoms with Crippen LogP contribution in [-0.4, -0.2) is 0 Å². The molecule has 0 aromatic rings. The summed E-state index contributed by atoms with van der Waals surface area (Å²) < 4.78 is 0. The standard InChI is InChI=1S/C14H18S/c1-5-7-12-11(3)15-13-10(2)8-6-9-14(12,13)4/h5-8H,9H2,1-4H3/b7-5-. The molecule has 1 heteroatoms. The van der Waals surface area contributed by atoms with Crippen molar-refractivity contribution in [3.05, 3.63) is 45.3 Å². The summed E-state index contributed by atoms with van der Waals surface area (Å²) in [6.07, 6.45) is 10.1. The van der Waals surface area contributed by atoms with Gasteiger partial charge in [0.05, 0.1) is 0 Å². The van der Waals surface area contributed by atoms with E-state index in [0.717, 1.165) is 6.42 Å². The fourth-order valence-corrected chi connectivity index (χ4v) is 3.92. The Hall–Kier alpha value is -0.690. The van der Waals surface area contributed by atoms with Crippen molar-refractivity contribution in [1.82, 2.24) is 0 Å². The van der Waals surface area contributed by atoms with Gasteiger partial charge >= 0.3 is 0 Å². The van der Waals surface area contributed by atoms with Crippen molar-refractivity contribution in [3.8, 4) is 0 Å². The molecule has 0 fully saturated rings. The van der Waals surface area contributed by atoms with E-state index in [4.69, 9.17) is 0 Å². The minimum absolute atomic E-state index is 0.250. The third-order valence-electron chi connectivity index (χ3n) is 3.32. The first-order chi connectivity index (χ1) is 7.09. The second-order valence-electron chi connectivity index (χ2n) is 4.52. The van der Waals surface area contributed by atoms with Gasteiger partial charge in [0, 0.05) is 10.3 Å². The number of hydrogen-bond acceptors (Lipinski definition) is 1. The molecule has 2 aliphatic rings. The molecular weight excluding hydrogens is 200 g/mol. The molecule has 0 bridgehead atoms. The summed E-state index contributed by atoms with van der Waals surface area (Å²) in [7, 11) is 0. The van der Waals surface area contributed by atoms with E-state index in [1.807, 2.05) is 11.8 Å². The van der Waals surface area contributed by atoms with E-state index in [1.54, 1.807) is 4.91 Å². The summed E-state index contributed by atoms with van der Waals surface area (Å²) in [5.74, 6) is 0. The average molecular weight is 218 g/mol. The predicted octanol–water partition coefficient (Wildman–Crippen LogP) is 4.82. The van der Waals surface area contributed by atoms with Crippen LogP contribution in [0.25, 0.3) is 0 Å². The maximum absolute atomic E-state index is 2.37. The van der Waals surface area contributed by atoms with E-state index in [9.17, 15) is 0 Å². The molecule has 0 aromatic carbocycles. The third-order valence-corrected chi connectivity index (χ3v) is 4.82. The third kappa shape index (κ3) is 1.53. The molecule has 2 rings (SSSR count). The van der Waals surface area contributed by atoms with Crippen LogP contribution in [-0.2, 0) is 0 Å². The normalized spacial score (nSPS) is 30.7. The molecule has 0 nitrogen and oxygen atoms in total. The number of thioether (sulfide) groups is 1. The van der Waals surface area contributed by atoms with Gasteiger partial charge in [-0.3, -0.25) is 0 Å². The van der Waals surface area contributed by atoms with E-state index in [0.29, 0.717) is 0 Å². The van der Waals surface area contributed by atoms with Gasteiger partial charge < -0.3 is 0 Å². The molecule has 0 amide bonds. The fourth-order valence-electron chi connectivity index (χ4n) is 2.56. The molecule has 0 saturated heterocycles. The molecule has 1 heterocycles. The Kier molecular flexibility index (Phi) is 2.68.